The second-order valence-corrected chi connectivity index (χ2v) is 8.45. The standard InChI is InChI=1S/C23H26N2/c1-15-10-16(2)12-18(11-15)21-14-24-22-19(6-5-7-20(22)25-21)17-8-9-23(3,4)13-17/h5-7,10-12,14,17H,8-9,13H2,1-4H3. The molecule has 1 fully saturated rings. The van der Waals surface area contributed by atoms with Crippen molar-refractivity contribution in [3.63, 3.8) is 0 Å². The van der Waals surface area contributed by atoms with Crippen LogP contribution in [0.3, 0.4) is 0 Å². The van der Waals surface area contributed by atoms with E-state index in [-0.39, 0.29) is 0 Å². The van der Waals surface area contributed by atoms with Gasteiger partial charge in [0.15, 0.2) is 0 Å². The molecular weight excluding hydrogens is 304 g/mol. The maximum Gasteiger partial charge on any atom is 0.0922 e. The molecule has 4 rings (SSSR count). The normalized spacial score (nSPS) is 19.4. The number of fused-ring (bicyclic) bond motifs is 1. The fourth-order valence-electron chi connectivity index (χ4n) is 4.36. The first kappa shape index (κ1) is 16.3. The molecule has 0 bridgehead atoms. The van der Waals surface area contributed by atoms with Gasteiger partial charge in [0, 0.05) is 5.56 Å². The molecule has 3 aromatic rings. The van der Waals surface area contributed by atoms with Crippen LogP contribution in [-0.4, -0.2) is 9.97 Å². The van der Waals surface area contributed by atoms with Crippen LogP contribution in [-0.2, 0) is 0 Å². The molecule has 25 heavy (non-hydrogen) atoms. The molecule has 0 aliphatic heterocycles. The van der Waals surface area contributed by atoms with E-state index in [1.807, 2.05) is 6.20 Å². The molecule has 0 saturated heterocycles. The fraction of sp³-hybridized carbons (Fsp3) is 0.391. The maximum absolute atomic E-state index is 4.93. The van der Waals surface area contributed by atoms with Gasteiger partial charge in [-0.1, -0.05) is 43.2 Å². The average Bonchev–Trinajstić information content (AvgIpc) is 2.92. The van der Waals surface area contributed by atoms with Gasteiger partial charge in [-0.05, 0) is 68.2 Å². The number of aromatic nitrogens is 2. The third kappa shape index (κ3) is 3.18. The van der Waals surface area contributed by atoms with Crippen LogP contribution in [0.25, 0.3) is 22.3 Å². The Balaban J connectivity index is 1.78. The minimum absolute atomic E-state index is 0.444. The van der Waals surface area contributed by atoms with Crippen LogP contribution in [0, 0.1) is 19.3 Å². The zero-order valence-corrected chi connectivity index (χ0v) is 15.6. The van der Waals surface area contributed by atoms with E-state index in [2.05, 4.69) is 64.1 Å². The van der Waals surface area contributed by atoms with Crippen LogP contribution >= 0.6 is 0 Å². The first-order chi connectivity index (χ1) is 11.9. The van der Waals surface area contributed by atoms with Crippen molar-refractivity contribution in [3.05, 3.63) is 59.3 Å². The zero-order chi connectivity index (χ0) is 17.6. The number of hydrogen-bond donors (Lipinski definition) is 0. The predicted octanol–water partition coefficient (Wildman–Crippen LogP) is 6.21. The smallest absolute Gasteiger partial charge is 0.0922 e. The Morgan fingerprint density at radius 3 is 2.48 bits per heavy atom. The minimum Gasteiger partial charge on any atom is -0.252 e. The molecule has 1 aliphatic rings. The molecule has 1 aliphatic carbocycles. The highest BCUT2D eigenvalue weighted by molar-refractivity contribution is 5.81. The molecule has 2 aromatic carbocycles. The van der Waals surface area contributed by atoms with Gasteiger partial charge in [-0.25, -0.2) is 4.98 Å². The van der Waals surface area contributed by atoms with Gasteiger partial charge in [-0.3, -0.25) is 4.98 Å². The Morgan fingerprint density at radius 1 is 1.04 bits per heavy atom. The molecule has 2 heteroatoms. The molecule has 1 atom stereocenters. The highest BCUT2D eigenvalue weighted by atomic mass is 14.8. The summed E-state index contributed by atoms with van der Waals surface area (Å²) in [6.07, 6.45) is 5.74. The first-order valence-corrected chi connectivity index (χ1v) is 9.26. The van der Waals surface area contributed by atoms with Crippen LogP contribution in [0.15, 0.2) is 42.6 Å². The van der Waals surface area contributed by atoms with Gasteiger partial charge >= 0.3 is 0 Å². The molecule has 1 aromatic heterocycles. The third-order valence-electron chi connectivity index (χ3n) is 5.53. The van der Waals surface area contributed by atoms with E-state index in [4.69, 9.17) is 9.97 Å². The van der Waals surface area contributed by atoms with E-state index in [0.717, 1.165) is 22.3 Å². The number of rotatable bonds is 2. The molecular formula is C23H26N2. The lowest BCUT2D eigenvalue weighted by molar-refractivity contribution is 0.376. The van der Waals surface area contributed by atoms with E-state index < -0.39 is 0 Å². The SMILES string of the molecule is Cc1cc(C)cc(-c2cnc3c(C4CCC(C)(C)C4)cccc3n2)c1. The number of aryl methyl sites for hydroxylation is 2. The lowest BCUT2D eigenvalue weighted by atomic mass is 9.88. The Morgan fingerprint density at radius 2 is 1.80 bits per heavy atom. The van der Waals surface area contributed by atoms with Crippen molar-refractivity contribution in [2.75, 3.05) is 0 Å². The molecule has 128 valence electrons. The lowest BCUT2D eigenvalue weighted by Crippen LogP contribution is -2.05. The average molecular weight is 330 g/mol. The van der Waals surface area contributed by atoms with E-state index in [0.29, 0.717) is 11.3 Å². The molecule has 0 amide bonds. The highest BCUT2D eigenvalue weighted by Gasteiger charge is 2.32. The molecule has 1 saturated carbocycles. The van der Waals surface area contributed by atoms with Crippen molar-refractivity contribution in [1.82, 2.24) is 9.97 Å². The Kier molecular flexibility index (Phi) is 3.87. The van der Waals surface area contributed by atoms with Gasteiger partial charge in [0.2, 0.25) is 0 Å². The van der Waals surface area contributed by atoms with E-state index in [9.17, 15) is 0 Å². The van der Waals surface area contributed by atoms with Crippen molar-refractivity contribution in [1.29, 1.82) is 0 Å². The number of nitrogens with zero attached hydrogens (tertiary/aromatic N) is 2. The second-order valence-electron chi connectivity index (χ2n) is 8.45. The summed E-state index contributed by atoms with van der Waals surface area (Å²) >= 11 is 0. The summed E-state index contributed by atoms with van der Waals surface area (Å²) in [5, 5.41) is 0. The second kappa shape index (κ2) is 5.94. The third-order valence-corrected chi connectivity index (χ3v) is 5.53. The monoisotopic (exact) mass is 330 g/mol. The topological polar surface area (TPSA) is 25.8 Å². The summed E-state index contributed by atoms with van der Waals surface area (Å²) in [4.78, 5) is 9.78. The Bertz CT molecular complexity index is 920. The summed E-state index contributed by atoms with van der Waals surface area (Å²) in [6, 6.07) is 13.1. The molecule has 0 N–H and O–H groups in total. The highest BCUT2D eigenvalue weighted by Crippen LogP contribution is 2.47. The molecule has 2 nitrogen and oxygen atoms in total. The summed E-state index contributed by atoms with van der Waals surface area (Å²) in [5.74, 6) is 0.611. The van der Waals surface area contributed by atoms with Crippen LogP contribution in [0.1, 0.15) is 55.7 Å². The van der Waals surface area contributed by atoms with Gasteiger partial charge in [-0.2, -0.15) is 0 Å². The van der Waals surface area contributed by atoms with Crippen LogP contribution < -0.4 is 0 Å². The van der Waals surface area contributed by atoms with Crippen LogP contribution in [0.2, 0.25) is 0 Å². The quantitative estimate of drug-likeness (QED) is 0.558. The minimum atomic E-state index is 0.444. The van der Waals surface area contributed by atoms with Gasteiger partial charge < -0.3 is 0 Å². The summed E-state index contributed by atoms with van der Waals surface area (Å²) in [6.45, 7) is 9.01. The maximum atomic E-state index is 4.93. The van der Waals surface area contributed by atoms with Crippen molar-refractivity contribution in [3.8, 4) is 11.3 Å². The Hall–Kier alpha value is -2.22. The van der Waals surface area contributed by atoms with Gasteiger partial charge in [0.05, 0.1) is 22.9 Å². The van der Waals surface area contributed by atoms with Crippen molar-refractivity contribution >= 4 is 11.0 Å². The van der Waals surface area contributed by atoms with Crippen LogP contribution in [0.4, 0.5) is 0 Å². The van der Waals surface area contributed by atoms with E-state index in [1.165, 1.54) is 36.0 Å². The summed E-state index contributed by atoms with van der Waals surface area (Å²) in [7, 11) is 0. The summed E-state index contributed by atoms with van der Waals surface area (Å²) in [5.41, 5.74) is 8.55. The molecule has 0 radical (unpaired) electrons. The van der Waals surface area contributed by atoms with Crippen LogP contribution in [0.5, 0.6) is 0 Å². The Labute approximate surface area is 150 Å². The molecule has 0 spiro atoms. The van der Waals surface area contributed by atoms with Gasteiger partial charge in [0.1, 0.15) is 0 Å². The summed E-state index contributed by atoms with van der Waals surface area (Å²) < 4.78 is 0. The molecule has 1 heterocycles. The van der Waals surface area contributed by atoms with Gasteiger partial charge in [0.25, 0.3) is 0 Å². The van der Waals surface area contributed by atoms with Gasteiger partial charge in [-0.15, -0.1) is 0 Å². The van der Waals surface area contributed by atoms with Crippen molar-refractivity contribution in [2.45, 2.75) is 52.9 Å². The predicted molar refractivity (Wildman–Crippen MR) is 105 cm³/mol. The number of hydrogen-bond acceptors (Lipinski definition) is 2. The number of para-hydroxylation sites is 1. The lowest BCUT2D eigenvalue weighted by Gasteiger charge is -2.18. The number of benzene rings is 2. The van der Waals surface area contributed by atoms with Crippen molar-refractivity contribution < 1.29 is 0 Å². The van der Waals surface area contributed by atoms with E-state index >= 15 is 0 Å². The molecule has 1 unspecified atom stereocenters. The largest absolute Gasteiger partial charge is 0.252 e. The fourth-order valence-corrected chi connectivity index (χ4v) is 4.36. The van der Waals surface area contributed by atoms with E-state index in [1.54, 1.807) is 0 Å². The van der Waals surface area contributed by atoms with Crippen molar-refractivity contribution in [2.24, 2.45) is 5.41 Å². The zero-order valence-electron chi connectivity index (χ0n) is 15.6. The first-order valence-electron chi connectivity index (χ1n) is 9.26.